The molecule has 0 saturated carbocycles. The molecule has 1 aliphatic rings. The Balaban J connectivity index is 2.40. The van der Waals surface area contributed by atoms with Gasteiger partial charge in [0.1, 0.15) is 5.69 Å². The third-order valence-electron chi connectivity index (χ3n) is 3.16. The van der Waals surface area contributed by atoms with Crippen LogP contribution in [-0.4, -0.2) is 40.1 Å². The van der Waals surface area contributed by atoms with Gasteiger partial charge < -0.3 is 15.8 Å². The molecule has 1 aromatic rings. The SMILES string of the molecule is CC1CN(c2ccc(/C(N)=N/O)cc2[N+](=O)[O-])CCS1. The highest BCUT2D eigenvalue weighted by Gasteiger charge is 2.24. The van der Waals surface area contributed by atoms with Crippen LogP contribution in [0.25, 0.3) is 0 Å². The Morgan fingerprint density at radius 3 is 3.00 bits per heavy atom. The molecule has 8 heteroatoms. The highest BCUT2D eigenvalue weighted by Crippen LogP contribution is 2.32. The molecular formula is C12H16N4O3S. The fourth-order valence-electron chi connectivity index (χ4n) is 2.19. The van der Waals surface area contributed by atoms with Crippen molar-refractivity contribution >= 4 is 29.0 Å². The van der Waals surface area contributed by atoms with Crippen LogP contribution in [0.4, 0.5) is 11.4 Å². The van der Waals surface area contributed by atoms with Gasteiger partial charge in [0.15, 0.2) is 5.84 Å². The Kier molecular flexibility index (Phi) is 4.33. The van der Waals surface area contributed by atoms with Gasteiger partial charge in [-0.25, -0.2) is 0 Å². The van der Waals surface area contributed by atoms with E-state index in [0.717, 1.165) is 18.8 Å². The number of oxime groups is 1. The maximum Gasteiger partial charge on any atom is 0.293 e. The number of nitrogens with two attached hydrogens (primary N) is 1. The van der Waals surface area contributed by atoms with Gasteiger partial charge in [-0.2, -0.15) is 11.8 Å². The summed E-state index contributed by atoms with van der Waals surface area (Å²) in [5.41, 5.74) is 6.37. The Morgan fingerprint density at radius 2 is 2.40 bits per heavy atom. The summed E-state index contributed by atoms with van der Waals surface area (Å²) in [6, 6.07) is 4.63. The number of rotatable bonds is 3. The molecule has 0 radical (unpaired) electrons. The number of nitro groups is 1. The number of thioether (sulfide) groups is 1. The zero-order valence-electron chi connectivity index (χ0n) is 11.0. The van der Waals surface area contributed by atoms with E-state index in [-0.39, 0.29) is 11.5 Å². The van der Waals surface area contributed by atoms with E-state index in [4.69, 9.17) is 10.9 Å². The van der Waals surface area contributed by atoms with Crippen LogP contribution in [0.5, 0.6) is 0 Å². The maximum absolute atomic E-state index is 11.2. The van der Waals surface area contributed by atoms with Gasteiger partial charge >= 0.3 is 0 Å². The number of anilines is 1. The molecule has 108 valence electrons. The molecule has 1 fully saturated rings. The molecule has 0 aromatic heterocycles. The highest BCUT2D eigenvalue weighted by atomic mass is 32.2. The summed E-state index contributed by atoms with van der Waals surface area (Å²) in [7, 11) is 0. The summed E-state index contributed by atoms with van der Waals surface area (Å²) in [4.78, 5) is 12.8. The van der Waals surface area contributed by atoms with Crippen molar-refractivity contribution in [3.63, 3.8) is 0 Å². The standard InChI is InChI=1S/C12H16N4O3S/c1-8-7-15(4-5-20-8)10-3-2-9(12(13)14-17)6-11(10)16(18)19/h2-3,6,8,17H,4-5,7H2,1H3,(H2,13,14). The molecule has 1 saturated heterocycles. The van der Waals surface area contributed by atoms with E-state index >= 15 is 0 Å². The minimum Gasteiger partial charge on any atom is -0.409 e. The monoisotopic (exact) mass is 296 g/mol. The Morgan fingerprint density at radius 1 is 1.65 bits per heavy atom. The Labute approximate surface area is 120 Å². The van der Waals surface area contributed by atoms with Crippen LogP contribution in [0.2, 0.25) is 0 Å². The lowest BCUT2D eigenvalue weighted by molar-refractivity contribution is -0.384. The van der Waals surface area contributed by atoms with Gasteiger partial charge in [-0.1, -0.05) is 12.1 Å². The van der Waals surface area contributed by atoms with Gasteiger partial charge in [0.05, 0.1) is 4.92 Å². The van der Waals surface area contributed by atoms with Crippen LogP contribution in [0, 0.1) is 10.1 Å². The summed E-state index contributed by atoms with van der Waals surface area (Å²) in [5.74, 6) is 0.808. The number of hydrogen-bond donors (Lipinski definition) is 2. The molecular weight excluding hydrogens is 280 g/mol. The van der Waals surface area contributed by atoms with E-state index in [1.54, 1.807) is 12.1 Å². The van der Waals surface area contributed by atoms with Crippen molar-refractivity contribution in [1.82, 2.24) is 0 Å². The number of amidine groups is 1. The molecule has 1 atom stereocenters. The quantitative estimate of drug-likeness (QED) is 0.289. The lowest BCUT2D eigenvalue weighted by Crippen LogP contribution is -2.37. The Bertz CT molecular complexity index is 550. The molecule has 3 N–H and O–H groups in total. The first-order valence-electron chi connectivity index (χ1n) is 6.16. The molecule has 0 amide bonds. The summed E-state index contributed by atoms with van der Waals surface area (Å²) in [6.45, 7) is 3.65. The van der Waals surface area contributed by atoms with Crippen LogP contribution in [-0.2, 0) is 0 Å². The van der Waals surface area contributed by atoms with Crippen molar-refractivity contribution in [3.05, 3.63) is 33.9 Å². The van der Waals surface area contributed by atoms with Crippen LogP contribution < -0.4 is 10.6 Å². The van der Waals surface area contributed by atoms with Crippen molar-refractivity contribution in [1.29, 1.82) is 0 Å². The van der Waals surface area contributed by atoms with Crippen LogP contribution in [0.3, 0.4) is 0 Å². The predicted molar refractivity (Wildman–Crippen MR) is 79.7 cm³/mol. The van der Waals surface area contributed by atoms with E-state index in [9.17, 15) is 10.1 Å². The van der Waals surface area contributed by atoms with Gasteiger partial charge in [0.25, 0.3) is 5.69 Å². The van der Waals surface area contributed by atoms with Gasteiger partial charge in [0.2, 0.25) is 0 Å². The van der Waals surface area contributed by atoms with E-state index in [0.29, 0.717) is 16.5 Å². The minimum absolute atomic E-state index is 0.0202. The summed E-state index contributed by atoms with van der Waals surface area (Å²) < 4.78 is 0. The first kappa shape index (κ1) is 14.4. The predicted octanol–water partition coefficient (Wildman–Crippen LogP) is 1.63. The first-order chi connectivity index (χ1) is 9.52. The summed E-state index contributed by atoms with van der Waals surface area (Å²) in [6.07, 6.45) is 0. The number of hydrogen-bond acceptors (Lipinski definition) is 6. The van der Waals surface area contributed by atoms with Gasteiger partial charge in [-0.3, -0.25) is 10.1 Å². The third kappa shape index (κ3) is 2.96. The molecule has 20 heavy (non-hydrogen) atoms. The average molecular weight is 296 g/mol. The molecule has 2 rings (SSSR count). The normalized spacial score (nSPS) is 19.9. The van der Waals surface area contributed by atoms with E-state index in [1.807, 2.05) is 16.7 Å². The molecule has 1 heterocycles. The second-order valence-corrected chi connectivity index (χ2v) is 6.12. The van der Waals surface area contributed by atoms with Crippen LogP contribution in [0.1, 0.15) is 12.5 Å². The maximum atomic E-state index is 11.2. The molecule has 7 nitrogen and oxygen atoms in total. The third-order valence-corrected chi connectivity index (χ3v) is 4.29. The van der Waals surface area contributed by atoms with Crippen molar-refractivity contribution in [2.24, 2.45) is 10.9 Å². The molecule has 1 aliphatic heterocycles. The van der Waals surface area contributed by atoms with E-state index < -0.39 is 4.92 Å². The zero-order chi connectivity index (χ0) is 14.7. The topological polar surface area (TPSA) is 105 Å². The van der Waals surface area contributed by atoms with Crippen LogP contribution >= 0.6 is 11.8 Å². The van der Waals surface area contributed by atoms with Crippen molar-refractivity contribution in [2.75, 3.05) is 23.7 Å². The van der Waals surface area contributed by atoms with Crippen molar-refractivity contribution in [2.45, 2.75) is 12.2 Å². The summed E-state index contributed by atoms with van der Waals surface area (Å²) in [5, 5.41) is 23.2. The Hall–Kier alpha value is -1.96. The number of benzene rings is 1. The van der Waals surface area contributed by atoms with Gasteiger partial charge in [-0.05, 0) is 12.1 Å². The molecule has 0 spiro atoms. The first-order valence-corrected chi connectivity index (χ1v) is 7.20. The molecule has 0 bridgehead atoms. The lowest BCUT2D eigenvalue weighted by atomic mass is 10.1. The van der Waals surface area contributed by atoms with Crippen molar-refractivity contribution in [3.8, 4) is 0 Å². The van der Waals surface area contributed by atoms with Crippen LogP contribution in [0.15, 0.2) is 23.4 Å². The average Bonchev–Trinajstić information content (AvgIpc) is 2.45. The fourth-order valence-corrected chi connectivity index (χ4v) is 3.20. The fraction of sp³-hybridized carbons (Fsp3) is 0.417. The molecule has 0 aliphatic carbocycles. The smallest absolute Gasteiger partial charge is 0.293 e. The molecule has 1 aromatic carbocycles. The van der Waals surface area contributed by atoms with Gasteiger partial charge in [-0.15, -0.1) is 0 Å². The van der Waals surface area contributed by atoms with E-state index in [1.165, 1.54) is 6.07 Å². The largest absolute Gasteiger partial charge is 0.409 e. The molecule has 1 unspecified atom stereocenters. The number of nitro benzene ring substituents is 1. The minimum atomic E-state index is -0.435. The second-order valence-electron chi connectivity index (χ2n) is 4.57. The summed E-state index contributed by atoms with van der Waals surface area (Å²) >= 11 is 1.86. The lowest BCUT2D eigenvalue weighted by Gasteiger charge is -2.32. The highest BCUT2D eigenvalue weighted by molar-refractivity contribution is 8.00. The second kappa shape index (κ2) is 6.00. The van der Waals surface area contributed by atoms with Gasteiger partial charge in [0, 0.05) is 35.7 Å². The van der Waals surface area contributed by atoms with E-state index in [2.05, 4.69) is 12.1 Å². The van der Waals surface area contributed by atoms with Crippen molar-refractivity contribution < 1.29 is 10.1 Å². The number of nitrogens with zero attached hydrogens (tertiary/aromatic N) is 3. The zero-order valence-corrected chi connectivity index (χ0v) is 11.8.